The van der Waals surface area contributed by atoms with E-state index in [2.05, 4.69) is 28.4 Å². The third-order valence-electron chi connectivity index (χ3n) is 6.72. The summed E-state index contributed by atoms with van der Waals surface area (Å²) in [5.41, 5.74) is 3.79. The lowest BCUT2D eigenvalue weighted by Crippen LogP contribution is -2.32. The smallest absolute Gasteiger partial charge is 0.170 e. The molecule has 2 atom stereocenters. The number of ether oxygens (including phenoxy) is 2. The molecule has 172 valence electrons. The zero-order chi connectivity index (χ0) is 22.8. The van der Waals surface area contributed by atoms with Gasteiger partial charge in [0.25, 0.3) is 0 Å². The maximum absolute atomic E-state index is 6.25. The first-order valence-electron chi connectivity index (χ1n) is 11.6. The Bertz CT molecular complexity index is 1180. The Kier molecular flexibility index (Phi) is 6.54. The molecule has 2 aromatic carbocycles. The number of benzene rings is 2. The summed E-state index contributed by atoms with van der Waals surface area (Å²) in [6, 6.07) is 14.6. The quantitative estimate of drug-likeness (QED) is 0.344. The Hall–Kier alpha value is -2.60. The molecule has 1 aliphatic carbocycles. The topological polar surface area (TPSA) is 46.6 Å². The van der Waals surface area contributed by atoms with E-state index in [1.54, 1.807) is 14.2 Å². The number of methoxy groups -OCH3 is 2. The Balaban J connectivity index is 1.37. The molecule has 5 nitrogen and oxygen atoms in total. The summed E-state index contributed by atoms with van der Waals surface area (Å²) in [6.45, 7) is 4.06. The average molecular weight is 464 g/mol. The van der Waals surface area contributed by atoms with Crippen molar-refractivity contribution in [3.63, 3.8) is 0 Å². The normalized spacial score (nSPS) is 19.5. The molecule has 1 N–H and O–H groups in total. The van der Waals surface area contributed by atoms with E-state index in [-0.39, 0.29) is 0 Å². The van der Waals surface area contributed by atoms with Gasteiger partial charge in [-0.15, -0.1) is 0 Å². The number of likely N-dealkylation sites (tertiary alicyclic amines) is 1. The molecule has 2 unspecified atom stereocenters. The van der Waals surface area contributed by atoms with Gasteiger partial charge in [0.05, 0.1) is 25.4 Å². The van der Waals surface area contributed by atoms with Gasteiger partial charge in [0.1, 0.15) is 0 Å². The maximum atomic E-state index is 6.25. The van der Waals surface area contributed by atoms with Crippen LogP contribution in [0, 0.1) is 5.92 Å². The predicted octanol–water partition coefficient (Wildman–Crippen LogP) is 5.31. The van der Waals surface area contributed by atoms with Crippen LogP contribution in [0.5, 0.6) is 11.5 Å². The van der Waals surface area contributed by atoms with E-state index in [4.69, 9.17) is 26.1 Å². The summed E-state index contributed by atoms with van der Waals surface area (Å²) in [5, 5.41) is 5.39. The van der Waals surface area contributed by atoms with Crippen LogP contribution in [0.3, 0.4) is 0 Å². The van der Waals surface area contributed by atoms with Gasteiger partial charge in [0.2, 0.25) is 0 Å². The summed E-state index contributed by atoms with van der Waals surface area (Å²) in [4.78, 5) is 7.61. The van der Waals surface area contributed by atoms with Crippen molar-refractivity contribution < 1.29 is 9.47 Å². The summed E-state index contributed by atoms with van der Waals surface area (Å²) in [7, 11) is 3.32. The van der Waals surface area contributed by atoms with Crippen molar-refractivity contribution >= 4 is 22.5 Å². The van der Waals surface area contributed by atoms with Gasteiger partial charge in [-0.2, -0.15) is 0 Å². The zero-order valence-corrected chi connectivity index (χ0v) is 19.9. The van der Waals surface area contributed by atoms with Crippen LogP contribution in [0.1, 0.15) is 18.4 Å². The van der Waals surface area contributed by atoms with Crippen LogP contribution in [-0.4, -0.2) is 49.8 Å². The Morgan fingerprint density at radius 2 is 2.03 bits per heavy atom. The van der Waals surface area contributed by atoms with Crippen molar-refractivity contribution in [1.29, 1.82) is 0 Å². The van der Waals surface area contributed by atoms with Crippen LogP contribution in [0.2, 0.25) is 5.02 Å². The molecule has 1 fully saturated rings. The fourth-order valence-corrected chi connectivity index (χ4v) is 5.27. The minimum absolute atomic E-state index is 0.665. The molecular weight excluding hydrogens is 434 g/mol. The lowest BCUT2D eigenvalue weighted by atomic mass is 10.0. The Morgan fingerprint density at radius 1 is 1.12 bits per heavy atom. The van der Waals surface area contributed by atoms with E-state index < -0.39 is 0 Å². The molecule has 1 aromatic heterocycles. The van der Waals surface area contributed by atoms with Crippen LogP contribution in [0.25, 0.3) is 22.2 Å². The van der Waals surface area contributed by atoms with Crippen molar-refractivity contribution in [1.82, 2.24) is 15.2 Å². The molecule has 0 amide bonds. The van der Waals surface area contributed by atoms with Crippen molar-refractivity contribution in [2.75, 3.05) is 33.9 Å². The molecule has 2 bridgehead atoms. The van der Waals surface area contributed by atoms with Gasteiger partial charge in [-0.1, -0.05) is 35.9 Å². The molecule has 1 saturated heterocycles. The van der Waals surface area contributed by atoms with E-state index in [9.17, 15) is 0 Å². The molecule has 5 rings (SSSR count). The highest BCUT2D eigenvalue weighted by atomic mass is 35.5. The molecule has 33 heavy (non-hydrogen) atoms. The number of hydrogen-bond acceptors (Lipinski definition) is 5. The first-order chi connectivity index (χ1) is 16.2. The lowest BCUT2D eigenvalue weighted by molar-refractivity contribution is 0.274. The summed E-state index contributed by atoms with van der Waals surface area (Å²) >= 11 is 6.25. The van der Waals surface area contributed by atoms with Gasteiger partial charge in [0.15, 0.2) is 11.5 Å². The summed E-state index contributed by atoms with van der Waals surface area (Å²) in [6.07, 6.45) is 7.20. The van der Waals surface area contributed by atoms with Crippen LogP contribution in [-0.2, 0) is 6.54 Å². The minimum atomic E-state index is 0.665. The fourth-order valence-electron chi connectivity index (χ4n) is 5.11. The van der Waals surface area contributed by atoms with E-state index in [0.717, 1.165) is 59.7 Å². The summed E-state index contributed by atoms with van der Waals surface area (Å²) < 4.78 is 11.2. The van der Waals surface area contributed by atoms with Gasteiger partial charge in [-0.25, -0.2) is 4.98 Å². The molecule has 0 radical (unpaired) electrons. The van der Waals surface area contributed by atoms with Crippen LogP contribution in [0.15, 0.2) is 54.6 Å². The second-order valence-corrected chi connectivity index (χ2v) is 9.28. The molecule has 2 heterocycles. The standard InChI is InChI=1S/C27H30ClN3O2/c1-32-25-6-3-5-23(27(25)33-2)26-20(14-19-8-9-21(28)15-24(19)30-26)16-29-11-4-12-31-17-18-7-10-22(31)13-18/h3,5-10,14-15,18,22,29H,4,11-13,16-17H2,1-2H3. The molecule has 0 spiro atoms. The van der Waals surface area contributed by atoms with Crippen molar-refractivity contribution in [3.05, 3.63) is 65.2 Å². The minimum Gasteiger partial charge on any atom is -0.493 e. The van der Waals surface area contributed by atoms with Crippen molar-refractivity contribution in [3.8, 4) is 22.8 Å². The number of pyridine rings is 1. The molecule has 6 heteroatoms. The van der Waals surface area contributed by atoms with Crippen molar-refractivity contribution in [2.45, 2.75) is 25.4 Å². The van der Waals surface area contributed by atoms with Crippen LogP contribution in [0.4, 0.5) is 0 Å². The highest BCUT2D eigenvalue weighted by Gasteiger charge is 2.32. The van der Waals surface area contributed by atoms with Gasteiger partial charge >= 0.3 is 0 Å². The van der Waals surface area contributed by atoms with Gasteiger partial charge in [0, 0.05) is 35.1 Å². The number of hydrogen-bond donors (Lipinski definition) is 1. The van der Waals surface area contributed by atoms with E-state index >= 15 is 0 Å². The lowest BCUT2D eigenvalue weighted by Gasteiger charge is -2.23. The first kappa shape index (κ1) is 22.2. The molecule has 3 aromatic rings. The van der Waals surface area contributed by atoms with Crippen LogP contribution >= 0.6 is 11.6 Å². The SMILES string of the molecule is COc1cccc(-c2nc3cc(Cl)ccc3cc2CNCCCN2CC3C=CC2C3)c1OC. The Morgan fingerprint density at radius 3 is 2.79 bits per heavy atom. The molecular formula is C27H30ClN3O2. The first-order valence-corrected chi connectivity index (χ1v) is 12.0. The highest BCUT2D eigenvalue weighted by Crippen LogP contribution is 2.39. The highest BCUT2D eigenvalue weighted by molar-refractivity contribution is 6.31. The number of rotatable bonds is 9. The number of fused-ring (bicyclic) bond motifs is 3. The number of para-hydroxylation sites is 1. The third kappa shape index (κ3) is 4.58. The predicted molar refractivity (Wildman–Crippen MR) is 134 cm³/mol. The Labute approximate surface area is 200 Å². The number of aromatic nitrogens is 1. The van der Waals surface area contributed by atoms with Gasteiger partial charge in [-0.05, 0) is 67.7 Å². The molecule has 2 aliphatic rings. The maximum Gasteiger partial charge on any atom is 0.170 e. The number of halogens is 1. The monoisotopic (exact) mass is 463 g/mol. The molecule has 1 aliphatic heterocycles. The van der Waals surface area contributed by atoms with Crippen LogP contribution < -0.4 is 14.8 Å². The van der Waals surface area contributed by atoms with Gasteiger partial charge < -0.3 is 14.8 Å². The average Bonchev–Trinajstić information content (AvgIpc) is 3.46. The summed E-state index contributed by atoms with van der Waals surface area (Å²) in [5.74, 6) is 2.16. The number of nitrogens with one attached hydrogen (secondary N) is 1. The van der Waals surface area contributed by atoms with E-state index in [0.29, 0.717) is 22.6 Å². The third-order valence-corrected chi connectivity index (χ3v) is 6.95. The second kappa shape index (κ2) is 9.72. The second-order valence-electron chi connectivity index (χ2n) is 8.85. The van der Waals surface area contributed by atoms with Gasteiger partial charge in [-0.3, -0.25) is 4.90 Å². The number of nitrogens with zero attached hydrogens (tertiary/aromatic N) is 2. The van der Waals surface area contributed by atoms with E-state index in [1.165, 1.54) is 13.0 Å². The molecule has 0 saturated carbocycles. The zero-order valence-electron chi connectivity index (χ0n) is 19.2. The fraction of sp³-hybridized carbons (Fsp3) is 0.370. The largest absolute Gasteiger partial charge is 0.493 e. The van der Waals surface area contributed by atoms with E-state index in [1.807, 2.05) is 36.4 Å². The van der Waals surface area contributed by atoms with Crippen molar-refractivity contribution in [2.24, 2.45) is 5.92 Å².